The van der Waals surface area contributed by atoms with Gasteiger partial charge in [-0.05, 0) is 6.92 Å². The van der Waals surface area contributed by atoms with Crippen molar-refractivity contribution in [3.05, 3.63) is 17.0 Å². The lowest BCUT2D eigenvalue weighted by Crippen LogP contribution is -2.27. The maximum absolute atomic E-state index is 11.5. The van der Waals surface area contributed by atoms with Crippen molar-refractivity contribution in [2.75, 3.05) is 13.1 Å². The number of nitrogens with one attached hydrogen (secondary N) is 2. The van der Waals surface area contributed by atoms with Crippen molar-refractivity contribution in [3.8, 4) is 0 Å². The summed E-state index contributed by atoms with van der Waals surface area (Å²) in [5.41, 5.74) is 1.81. The Morgan fingerprint density at radius 2 is 2.57 bits per heavy atom. The molecule has 0 radical (unpaired) electrons. The van der Waals surface area contributed by atoms with Crippen molar-refractivity contribution in [2.45, 2.75) is 19.9 Å². The largest absolute Gasteiger partial charge is 0.350 e. The van der Waals surface area contributed by atoms with E-state index in [1.54, 1.807) is 0 Å². The first kappa shape index (κ1) is 9.21. The topological polar surface area (TPSA) is 67.2 Å². The number of nitrogens with zero attached hydrogens (tertiary/aromatic N) is 1. The number of hydrogen-bond donors (Lipinski definition) is 2. The van der Waals surface area contributed by atoms with Crippen molar-refractivity contribution < 1.29 is 9.32 Å². The molecule has 0 unspecified atom stereocenters. The van der Waals surface area contributed by atoms with Gasteiger partial charge in [0.25, 0.3) is 5.91 Å². The second kappa shape index (κ2) is 3.79. The summed E-state index contributed by atoms with van der Waals surface area (Å²) in [6.07, 6.45) is 0.832. The first-order valence-corrected chi connectivity index (χ1v) is 4.79. The Hall–Kier alpha value is -1.36. The highest BCUT2D eigenvalue weighted by Crippen LogP contribution is 2.17. The predicted molar refractivity (Wildman–Crippen MR) is 49.9 cm³/mol. The molecule has 14 heavy (non-hydrogen) atoms. The Labute approximate surface area is 81.8 Å². The molecule has 0 bridgehead atoms. The predicted octanol–water partition coefficient (Wildman–Crippen LogP) is 0.0700. The van der Waals surface area contributed by atoms with Crippen molar-refractivity contribution in [1.29, 1.82) is 0 Å². The van der Waals surface area contributed by atoms with E-state index in [4.69, 9.17) is 4.52 Å². The minimum Gasteiger partial charge on any atom is -0.350 e. The smallest absolute Gasteiger partial charge is 0.290 e. The molecule has 1 aromatic rings. The van der Waals surface area contributed by atoms with Gasteiger partial charge >= 0.3 is 0 Å². The second-order valence-electron chi connectivity index (χ2n) is 3.22. The lowest BCUT2D eigenvalue weighted by atomic mass is 10.1. The molecule has 5 heteroatoms. The zero-order valence-corrected chi connectivity index (χ0v) is 8.09. The van der Waals surface area contributed by atoms with Crippen molar-refractivity contribution in [2.24, 2.45) is 0 Å². The van der Waals surface area contributed by atoms with Crippen LogP contribution in [0.25, 0.3) is 0 Å². The lowest BCUT2D eigenvalue weighted by molar-refractivity contribution is 0.0917. The number of amides is 1. The Balaban J connectivity index is 2.25. The highest BCUT2D eigenvalue weighted by molar-refractivity contribution is 5.93. The fourth-order valence-electron chi connectivity index (χ4n) is 1.56. The van der Waals surface area contributed by atoms with Crippen LogP contribution >= 0.6 is 0 Å². The molecule has 2 rings (SSSR count). The van der Waals surface area contributed by atoms with Crippen LogP contribution in [0.3, 0.4) is 0 Å². The maximum atomic E-state index is 11.5. The fourth-order valence-corrected chi connectivity index (χ4v) is 1.56. The van der Waals surface area contributed by atoms with Gasteiger partial charge in [-0.1, -0.05) is 5.16 Å². The van der Waals surface area contributed by atoms with Crippen LogP contribution in [0.2, 0.25) is 0 Å². The van der Waals surface area contributed by atoms with Crippen molar-refractivity contribution in [3.63, 3.8) is 0 Å². The third-order valence-electron chi connectivity index (χ3n) is 2.25. The molecule has 0 fully saturated rings. The highest BCUT2D eigenvalue weighted by atomic mass is 16.5. The van der Waals surface area contributed by atoms with Crippen LogP contribution in [-0.2, 0) is 13.0 Å². The zero-order chi connectivity index (χ0) is 9.97. The van der Waals surface area contributed by atoms with Gasteiger partial charge < -0.3 is 15.2 Å². The molecule has 0 saturated heterocycles. The molecule has 0 spiro atoms. The summed E-state index contributed by atoms with van der Waals surface area (Å²) < 4.78 is 5.03. The monoisotopic (exact) mass is 195 g/mol. The van der Waals surface area contributed by atoms with Gasteiger partial charge in [-0.15, -0.1) is 0 Å². The van der Waals surface area contributed by atoms with Crippen LogP contribution in [0.5, 0.6) is 0 Å². The quantitative estimate of drug-likeness (QED) is 0.700. The van der Waals surface area contributed by atoms with E-state index in [2.05, 4.69) is 15.8 Å². The molecule has 2 N–H and O–H groups in total. The minimum absolute atomic E-state index is 0.176. The molecule has 1 aliphatic rings. The van der Waals surface area contributed by atoms with Crippen LogP contribution in [0.4, 0.5) is 0 Å². The molecule has 76 valence electrons. The Bertz CT molecular complexity index is 346. The average Bonchev–Trinajstić information content (AvgIpc) is 2.61. The molecule has 1 amide bonds. The lowest BCUT2D eigenvalue weighted by Gasteiger charge is -2.10. The van der Waals surface area contributed by atoms with Crippen LogP contribution < -0.4 is 10.6 Å². The van der Waals surface area contributed by atoms with E-state index in [1.165, 1.54) is 0 Å². The fraction of sp³-hybridized carbons (Fsp3) is 0.556. The normalized spacial score (nSPS) is 14.9. The summed E-state index contributed by atoms with van der Waals surface area (Å²) in [6, 6.07) is 0. The number of fused-ring (bicyclic) bond motifs is 1. The number of hydrogen-bond acceptors (Lipinski definition) is 4. The molecule has 1 aromatic heterocycles. The van der Waals surface area contributed by atoms with Crippen molar-refractivity contribution >= 4 is 5.91 Å². The van der Waals surface area contributed by atoms with Gasteiger partial charge in [-0.3, -0.25) is 4.79 Å². The van der Waals surface area contributed by atoms with Gasteiger partial charge in [0.15, 0.2) is 0 Å². The van der Waals surface area contributed by atoms with E-state index < -0.39 is 0 Å². The summed E-state index contributed by atoms with van der Waals surface area (Å²) in [5.74, 6) is 0.180. The van der Waals surface area contributed by atoms with Crippen LogP contribution in [-0.4, -0.2) is 24.2 Å². The molecule has 1 aliphatic heterocycles. The first-order valence-electron chi connectivity index (χ1n) is 4.79. The molecule has 0 aromatic carbocycles. The van der Waals surface area contributed by atoms with E-state index in [9.17, 15) is 4.79 Å². The second-order valence-corrected chi connectivity index (χ2v) is 3.22. The van der Waals surface area contributed by atoms with E-state index in [0.717, 1.165) is 24.2 Å². The molecule has 5 nitrogen and oxygen atoms in total. The van der Waals surface area contributed by atoms with Gasteiger partial charge in [0.2, 0.25) is 5.76 Å². The molecule has 0 saturated carbocycles. The van der Waals surface area contributed by atoms with Gasteiger partial charge in [0, 0.05) is 31.6 Å². The molecular weight excluding hydrogens is 182 g/mol. The Morgan fingerprint density at radius 1 is 1.71 bits per heavy atom. The van der Waals surface area contributed by atoms with Gasteiger partial charge in [-0.25, -0.2) is 0 Å². The Morgan fingerprint density at radius 3 is 3.36 bits per heavy atom. The van der Waals surface area contributed by atoms with Gasteiger partial charge in [-0.2, -0.15) is 0 Å². The SMILES string of the molecule is CCNC(=O)c1onc2c1CNCC2. The molecule has 0 atom stereocenters. The summed E-state index contributed by atoms with van der Waals surface area (Å²) in [5, 5.41) is 9.77. The number of rotatable bonds is 2. The van der Waals surface area contributed by atoms with Crippen molar-refractivity contribution in [1.82, 2.24) is 15.8 Å². The number of aromatic nitrogens is 1. The molecule has 0 aliphatic carbocycles. The average molecular weight is 195 g/mol. The Kier molecular flexibility index (Phi) is 2.49. The zero-order valence-electron chi connectivity index (χ0n) is 8.09. The standard InChI is InChI=1S/C9H13N3O2/c1-2-11-9(13)8-6-5-10-4-3-7(6)12-14-8/h10H,2-5H2,1H3,(H,11,13). The summed E-state index contributed by atoms with van der Waals surface area (Å²) in [7, 11) is 0. The number of carbonyl (C=O) groups is 1. The maximum Gasteiger partial charge on any atom is 0.290 e. The van der Waals surface area contributed by atoms with Crippen LogP contribution in [0.15, 0.2) is 4.52 Å². The van der Waals surface area contributed by atoms with E-state index in [1.807, 2.05) is 6.92 Å². The summed E-state index contributed by atoms with van der Waals surface area (Å²) in [4.78, 5) is 11.5. The van der Waals surface area contributed by atoms with E-state index in [-0.39, 0.29) is 5.91 Å². The molecular formula is C9H13N3O2. The summed E-state index contributed by atoms with van der Waals surface area (Å²) in [6.45, 7) is 4.04. The third kappa shape index (κ3) is 1.50. The minimum atomic E-state index is -0.176. The van der Waals surface area contributed by atoms with Crippen LogP contribution in [0, 0.1) is 0 Å². The van der Waals surface area contributed by atoms with E-state index in [0.29, 0.717) is 18.8 Å². The first-order chi connectivity index (χ1) is 6.83. The molecule has 2 heterocycles. The summed E-state index contributed by atoms with van der Waals surface area (Å²) >= 11 is 0. The number of carbonyl (C=O) groups excluding carboxylic acids is 1. The third-order valence-corrected chi connectivity index (χ3v) is 2.25. The van der Waals surface area contributed by atoms with E-state index >= 15 is 0 Å². The van der Waals surface area contributed by atoms with Gasteiger partial charge in [0.05, 0.1) is 5.69 Å². The highest BCUT2D eigenvalue weighted by Gasteiger charge is 2.23. The van der Waals surface area contributed by atoms with Crippen LogP contribution in [0.1, 0.15) is 28.7 Å². The van der Waals surface area contributed by atoms with Gasteiger partial charge in [0.1, 0.15) is 0 Å².